The fourth-order valence-electron chi connectivity index (χ4n) is 8.73. The second-order valence-corrected chi connectivity index (χ2v) is 19.5. The molecule has 0 spiro atoms. The van der Waals surface area contributed by atoms with Gasteiger partial charge in [0, 0.05) is 38.2 Å². The average molecular weight is 1110 g/mol. The van der Waals surface area contributed by atoms with E-state index in [2.05, 4.69) is 0 Å². The Morgan fingerprint density at radius 3 is 1.54 bits per heavy atom. The number of aliphatic hydroxyl groups is 1. The smallest absolute Gasteiger partial charge is 0.870 e. The third kappa shape index (κ3) is 16.9. The van der Waals surface area contributed by atoms with Gasteiger partial charge in [0.2, 0.25) is 0 Å². The number of carbonyl (C=O) groups excluding carboxylic acids is 3. The Morgan fingerprint density at radius 1 is 0.654 bits per heavy atom. The van der Waals surface area contributed by atoms with Crippen molar-refractivity contribution < 1.29 is 125 Å². The molecule has 0 amide bonds. The molecular formula is C57H71F2NaO18. The number of hydrogen-bond donors (Lipinski definition) is 1. The maximum absolute atomic E-state index is 16.1. The molecule has 18 nitrogen and oxygen atoms in total. The van der Waals surface area contributed by atoms with Gasteiger partial charge in [-0.2, -0.15) is 0 Å². The molecule has 0 bridgehead atoms. The molecule has 422 valence electrons. The summed E-state index contributed by atoms with van der Waals surface area (Å²) in [7, 11) is 5.95. The van der Waals surface area contributed by atoms with Crippen LogP contribution < -0.4 is 48.5 Å². The summed E-state index contributed by atoms with van der Waals surface area (Å²) in [6.45, 7) is 13.4. The predicted octanol–water partition coefficient (Wildman–Crippen LogP) is 6.71. The van der Waals surface area contributed by atoms with Crippen LogP contribution in [0.2, 0.25) is 0 Å². The minimum absolute atomic E-state index is 0. The largest absolute Gasteiger partial charge is 1.00 e. The summed E-state index contributed by atoms with van der Waals surface area (Å²) in [5.41, 5.74) is 1.61. The van der Waals surface area contributed by atoms with Gasteiger partial charge in [0.05, 0.1) is 32.0 Å². The van der Waals surface area contributed by atoms with Crippen molar-refractivity contribution in [2.45, 2.75) is 129 Å². The summed E-state index contributed by atoms with van der Waals surface area (Å²) in [5, 5.41) is 10.7. The van der Waals surface area contributed by atoms with E-state index in [0.717, 1.165) is 0 Å². The molecule has 0 aliphatic carbocycles. The molecule has 0 radical (unpaired) electrons. The first-order valence-electron chi connectivity index (χ1n) is 24.9. The molecule has 21 heteroatoms. The van der Waals surface area contributed by atoms with Crippen molar-refractivity contribution in [3.05, 3.63) is 118 Å². The van der Waals surface area contributed by atoms with Gasteiger partial charge in [-0.15, -0.1) is 0 Å². The Hall–Kier alpha value is -5.23. The van der Waals surface area contributed by atoms with Crippen LogP contribution in [0.15, 0.2) is 90.6 Å². The summed E-state index contributed by atoms with van der Waals surface area (Å²) in [6, 6.07) is 14.8. The number of aliphatic hydroxyl groups excluding tert-OH is 1. The average Bonchev–Trinajstić information content (AvgIpc) is 3.88. The van der Waals surface area contributed by atoms with Crippen LogP contribution in [-0.4, -0.2) is 131 Å². The van der Waals surface area contributed by atoms with Crippen molar-refractivity contribution in [1.29, 1.82) is 0 Å². The number of rotatable bonds is 10. The van der Waals surface area contributed by atoms with Gasteiger partial charge in [0.25, 0.3) is 0 Å². The number of methoxy groups -OCH3 is 4. The van der Waals surface area contributed by atoms with Gasteiger partial charge >= 0.3 is 47.5 Å². The summed E-state index contributed by atoms with van der Waals surface area (Å²) in [6.07, 6.45) is 2.45. The number of ether oxygens (including phenoxy) is 13. The molecule has 4 aliphatic rings. The molecule has 3 aromatic carbocycles. The Bertz CT molecular complexity index is 2620. The minimum atomic E-state index is -1.52. The molecule has 0 saturated carbocycles. The van der Waals surface area contributed by atoms with Crippen LogP contribution in [0, 0.1) is 11.8 Å². The Morgan fingerprint density at radius 2 is 1.09 bits per heavy atom. The van der Waals surface area contributed by atoms with E-state index in [4.69, 9.17) is 61.6 Å². The number of cyclic esters (lactones) is 2. The first kappa shape index (κ1) is 65.3. The molecule has 4 heterocycles. The summed E-state index contributed by atoms with van der Waals surface area (Å²) >= 11 is 0. The fraction of sp³-hybridized carbons (Fsp3) is 0.491. The van der Waals surface area contributed by atoms with Crippen molar-refractivity contribution in [1.82, 2.24) is 0 Å². The van der Waals surface area contributed by atoms with Crippen LogP contribution >= 0.6 is 0 Å². The number of hydrogen-bond acceptors (Lipinski definition) is 18. The minimum Gasteiger partial charge on any atom is -0.870 e. The first-order valence-corrected chi connectivity index (χ1v) is 24.9. The van der Waals surface area contributed by atoms with Crippen LogP contribution in [0.5, 0.6) is 23.0 Å². The SMILES string of the molecule is COCOc1cc(OC)cc2c1C(=O)O[C@@H](C)[C@H](C)/C=C(/F)C(O)C1OC(C)(C)O[C@H]1C/C=C/2.COCOc1cc(OC)cc2c1C(=O)O[C@@H](C)[C@H](C)/C=C(/F)C(OC(=O)c1ccccc1)C1OC(C)(C)O[C@H]1C/C=C/2.[Na+].[OH-]. The Balaban J connectivity index is 0.000000335. The Kier molecular flexibility index (Phi) is 24.5. The van der Waals surface area contributed by atoms with Crippen molar-refractivity contribution in [3.8, 4) is 23.0 Å². The van der Waals surface area contributed by atoms with Gasteiger partial charge in [-0.05, 0) is 102 Å². The molecule has 3 aromatic rings. The third-order valence-corrected chi connectivity index (χ3v) is 12.8. The van der Waals surface area contributed by atoms with E-state index in [1.807, 2.05) is 0 Å². The number of benzene rings is 3. The van der Waals surface area contributed by atoms with Crippen molar-refractivity contribution in [2.24, 2.45) is 11.8 Å². The van der Waals surface area contributed by atoms with Crippen LogP contribution in [0.1, 0.15) is 110 Å². The van der Waals surface area contributed by atoms with Crippen molar-refractivity contribution in [3.63, 3.8) is 0 Å². The van der Waals surface area contributed by atoms with E-state index in [9.17, 15) is 23.9 Å². The maximum atomic E-state index is 16.1. The zero-order valence-corrected chi connectivity index (χ0v) is 48.4. The molecule has 78 heavy (non-hydrogen) atoms. The molecule has 4 unspecified atom stereocenters. The van der Waals surface area contributed by atoms with Gasteiger partial charge in [0.15, 0.2) is 31.3 Å². The normalized spacial score (nSPS) is 28.8. The molecule has 4 aliphatic heterocycles. The second kappa shape index (κ2) is 29.3. The second-order valence-electron chi connectivity index (χ2n) is 19.5. The van der Waals surface area contributed by atoms with Crippen LogP contribution in [0.4, 0.5) is 8.78 Å². The van der Waals surface area contributed by atoms with Crippen LogP contribution in [0.25, 0.3) is 12.2 Å². The van der Waals surface area contributed by atoms with Gasteiger partial charge in [-0.3, -0.25) is 0 Å². The molecule has 2 fully saturated rings. The zero-order valence-electron chi connectivity index (χ0n) is 46.4. The molecule has 10 atom stereocenters. The van der Waals surface area contributed by atoms with E-state index in [0.29, 0.717) is 29.0 Å². The van der Waals surface area contributed by atoms with Crippen molar-refractivity contribution >= 4 is 30.1 Å². The van der Waals surface area contributed by atoms with Gasteiger partial charge in [-0.1, -0.05) is 56.4 Å². The number of halogens is 2. The van der Waals surface area contributed by atoms with E-state index in [1.54, 1.807) is 134 Å². The van der Waals surface area contributed by atoms with E-state index >= 15 is 4.39 Å². The maximum Gasteiger partial charge on any atom is 1.00 e. The molecule has 2 N–H and O–H groups in total. The molecular weight excluding hydrogens is 1030 g/mol. The van der Waals surface area contributed by atoms with Gasteiger partial charge < -0.3 is 72.2 Å². The standard InChI is InChI=1S/C32H37FO9.C25H33FO8.Na.H2O/c1-19-15-24(33)28(40-30(34)21-11-8-7-9-12-21)29-25(41-32(3,4)42-29)14-10-13-22-16-23(37-6)17-26(38-18-36-5)27(22)31(35)39-20(19)2;1-14-10-18(26)22(27)23-19(33-25(3,4)34-23)9-7-8-16-11-17(30-6)12-20(31-13-29-5)21(16)24(28)32-15(14)2;;/h7-13,15-17,19-20,25,28-29H,14,18H2,1-6H3;7-8,10-12,14-15,19,22-23,27H,9,13H2,1-6H3;;1H2/q;;+1;/p-1/b13-10+,24-15+;8-7+,18-10+;;/t19-,20+,25+,28?,29?;14-,15+,19+,22?,23?;;/m11../s1. The molecule has 7 rings (SSSR count). The van der Waals surface area contributed by atoms with E-state index < -0.39 is 102 Å². The first-order chi connectivity index (χ1) is 36.1. The van der Waals surface area contributed by atoms with Crippen molar-refractivity contribution in [2.75, 3.05) is 42.0 Å². The van der Waals surface area contributed by atoms with E-state index in [1.165, 1.54) is 40.6 Å². The quantitative estimate of drug-likeness (QED) is 0.0964. The summed E-state index contributed by atoms with van der Waals surface area (Å²) in [5.74, 6) is -5.33. The third-order valence-electron chi connectivity index (χ3n) is 12.8. The monoisotopic (exact) mass is 1100 g/mol. The predicted molar refractivity (Wildman–Crippen MR) is 276 cm³/mol. The summed E-state index contributed by atoms with van der Waals surface area (Å²) < 4.78 is 104. The topological polar surface area (TPSA) is 221 Å². The van der Waals surface area contributed by atoms with E-state index in [-0.39, 0.29) is 83.2 Å². The van der Waals surface area contributed by atoms with Crippen LogP contribution in [-0.2, 0) is 42.6 Å². The number of fused-ring (bicyclic) bond motifs is 4. The number of carbonyl (C=O) groups is 3. The molecule has 2 saturated heterocycles. The number of esters is 3. The van der Waals surface area contributed by atoms with Gasteiger partial charge in [-0.25, -0.2) is 23.2 Å². The zero-order chi connectivity index (χ0) is 55.5. The summed E-state index contributed by atoms with van der Waals surface area (Å²) in [4.78, 5) is 39.7. The fourth-order valence-corrected chi connectivity index (χ4v) is 8.73. The van der Waals surface area contributed by atoms with Crippen LogP contribution in [0.3, 0.4) is 0 Å². The van der Waals surface area contributed by atoms with Gasteiger partial charge in [0.1, 0.15) is 76.3 Å². The molecule has 0 aromatic heterocycles. The Labute approximate surface area is 476 Å².